The molecule has 0 heterocycles. The number of aliphatic hydroxyl groups is 1. The molecule has 0 fully saturated rings. The van der Waals surface area contributed by atoms with Gasteiger partial charge in [0.2, 0.25) is 0 Å². The third-order valence-electron chi connectivity index (χ3n) is 4.97. The Morgan fingerprint density at radius 3 is 1.81 bits per heavy atom. The topological polar surface area (TPSA) is 29.5 Å². The Hall–Kier alpha value is -1.68. The van der Waals surface area contributed by atoms with E-state index in [1.54, 1.807) is 0 Å². The Bertz CT molecular complexity index is 635. The Morgan fingerprint density at radius 1 is 0.815 bits per heavy atom. The standard InChI is InChI=1S/C24H34O2Si/c1-24(2,3)27(22-16-10-8-11-17-22,23-18-12-9-13-19-23)26-21-15-7-5-4-6-14-20-25/h5,7-13,16-19,25H,4,6,14-15,20-21H2,1-3H3. The number of benzene rings is 2. The molecule has 27 heavy (non-hydrogen) atoms. The highest BCUT2D eigenvalue weighted by molar-refractivity contribution is 6.99. The first-order valence-electron chi connectivity index (χ1n) is 10.0. The average Bonchev–Trinajstić information content (AvgIpc) is 2.67. The van der Waals surface area contributed by atoms with Crippen LogP contribution in [0.2, 0.25) is 5.04 Å². The fourth-order valence-electron chi connectivity index (χ4n) is 3.65. The Kier molecular flexibility index (Phi) is 8.49. The van der Waals surface area contributed by atoms with E-state index in [0.29, 0.717) is 0 Å². The van der Waals surface area contributed by atoms with Crippen LogP contribution in [0.1, 0.15) is 46.5 Å². The number of unbranched alkanes of at least 4 members (excludes halogenated alkanes) is 2. The molecular formula is C24H34O2Si. The second kappa shape index (κ2) is 10.6. The highest BCUT2D eigenvalue weighted by Gasteiger charge is 2.49. The van der Waals surface area contributed by atoms with E-state index in [2.05, 4.69) is 93.6 Å². The van der Waals surface area contributed by atoms with Crippen molar-refractivity contribution in [3.05, 3.63) is 72.8 Å². The number of allylic oxidation sites excluding steroid dienone is 1. The summed E-state index contributed by atoms with van der Waals surface area (Å²) in [5, 5.41) is 11.5. The third kappa shape index (κ3) is 5.65. The molecule has 2 rings (SSSR count). The Balaban J connectivity index is 2.22. The molecule has 0 atom stereocenters. The molecule has 146 valence electrons. The molecule has 2 nitrogen and oxygen atoms in total. The van der Waals surface area contributed by atoms with Crippen LogP contribution in [0.3, 0.4) is 0 Å². The van der Waals surface area contributed by atoms with Crippen LogP contribution in [0.4, 0.5) is 0 Å². The van der Waals surface area contributed by atoms with Gasteiger partial charge in [0.25, 0.3) is 8.32 Å². The van der Waals surface area contributed by atoms with Crippen molar-refractivity contribution in [1.82, 2.24) is 0 Å². The van der Waals surface area contributed by atoms with Crippen LogP contribution in [0, 0.1) is 0 Å². The summed E-state index contributed by atoms with van der Waals surface area (Å²) in [4.78, 5) is 0. The summed E-state index contributed by atoms with van der Waals surface area (Å²) in [5.41, 5.74) is 0. The summed E-state index contributed by atoms with van der Waals surface area (Å²) in [5.74, 6) is 0. The lowest BCUT2D eigenvalue weighted by molar-refractivity contribution is 0.285. The monoisotopic (exact) mass is 382 g/mol. The molecule has 2 aromatic rings. The first kappa shape index (κ1) is 21.6. The van der Waals surface area contributed by atoms with Gasteiger partial charge in [0.1, 0.15) is 0 Å². The van der Waals surface area contributed by atoms with Crippen LogP contribution in [-0.4, -0.2) is 26.6 Å². The summed E-state index contributed by atoms with van der Waals surface area (Å²) in [6.07, 6.45) is 8.30. The molecule has 0 saturated carbocycles. The van der Waals surface area contributed by atoms with Crippen molar-refractivity contribution >= 4 is 18.7 Å². The average molecular weight is 383 g/mol. The lowest BCUT2D eigenvalue weighted by Gasteiger charge is -2.43. The molecule has 2 aromatic carbocycles. The maximum Gasteiger partial charge on any atom is 0.261 e. The lowest BCUT2D eigenvalue weighted by atomic mass is 10.2. The third-order valence-corrected chi connectivity index (χ3v) is 10.0. The van der Waals surface area contributed by atoms with Gasteiger partial charge in [-0.2, -0.15) is 0 Å². The fraction of sp³-hybridized carbons (Fsp3) is 0.417. The molecule has 0 unspecified atom stereocenters. The van der Waals surface area contributed by atoms with Crippen molar-refractivity contribution in [1.29, 1.82) is 0 Å². The van der Waals surface area contributed by atoms with E-state index in [9.17, 15) is 0 Å². The van der Waals surface area contributed by atoms with E-state index in [0.717, 1.165) is 32.3 Å². The normalized spacial score (nSPS) is 12.6. The maximum absolute atomic E-state index is 8.85. The van der Waals surface area contributed by atoms with E-state index in [-0.39, 0.29) is 11.6 Å². The Labute approximate surface area is 166 Å². The minimum Gasteiger partial charge on any atom is -0.407 e. The van der Waals surface area contributed by atoms with E-state index in [1.165, 1.54) is 10.4 Å². The van der Waals surface area contributed by atoms with Gasteiger partial charge in [0.15, 0.2) is 0 Å². The SMILES string of the molecule is CC(C)(C)[Si](OCCC=CCCCCO)(c1ccccc1)c1ccccc1. The van der Waals surface area contributed by atoms with Gasteiger partial charge >= 0.3 is 0 Å². The molecule has 0 saturated heterocycles. The molecule has 0 aliphatic carbocycles. The van der Waals surface area contributed by atoms with Crippen LogP contribution in [-0.2, 0) is 4.43 Å². The summed E-state index contributed by atoms with van der Waals surface area (Å²) in [6.45, 7) is 7.94. The number of hydrogen-bond acceptors (Lipinski definition) is 2. The molecule has 0 aliphatic rings. The van der Waals surface area contributed by atoms with Crippen molar-refractivity contribution in [2.45, 2.75) is 51.5 Å². The zero-order valence-electron chi connectivity index (χ0n) is 17.0. The fourth-order valence-corrected chi connectivity index (χ4v) is 8.23. The minimum absolute atomic E-state index is 0.0283. The van der Waals surface area contributed by atoms with E-state index in [1.807, 2.05) is 0 Å². The highest BCUT2D eigenvalue weighted by atomic mass is 28.4. The van der Waals surface area contributed by atoms with Crippen molar-refractivity contribution in [2.24, 2.45) is 0 Å². The zero-order chi connectivity index (χ0) is 19.6. The van der Waals surface area contributed by atoms with Crippen molar-refractivity contribution in [2.75, 3.05) is 13.2 Å². The number of rotatable bonds is 10. The maximum atomic E-state index is 8.85. The zero-order valence-corrected chi connectivity index (χ0v) is 18.0. The van der Waals surface area contributed by atoms with Gasteiger partial charge in [-0.3, -0.25) is 0 Å². The Morgan fingerprint density at radius 2 is 1.33 bits per heavy atom. The second-order valence-corrected chi connectivity index (χ2v) is 12.3. The second-order valence-electron chi connectivity index (χ2n) is 7.99. The van der Waals surface area contributed by atoms with Gasteiger partial charge in [-0.1, -0.05) is 93.6 Å². The van der Waals surface area contributed by atoms with Crippen LogP contribution >= 0.6 is 0 Å². The van der Waals surface area contributed by atoms with Gasteiger partial charge in [-0.05, 0) is 41.1 Å². The summed E-state index contributed by atoms with van der Waals surface area (Å²) < 4.78 is 6.84. The van der Waals surface area contributed by atoms with E-state index >= 15 is 0 Å². The minimum atomic E-state index is -2.40. The summed E-state index contributed by atoms with van der Waals surface area (Å²) in [6, 6.07) is 21.6. The predicted molar refractivity (Wildman–Crippen MR) is 118 cm³/mol. The van der Waals surface area contributed by atoms with Gasteiger partial charge in [-0.15, -0.1) is 0 Å². The number of hydrogen-bond donors (Lipinski definition) is 1. The quantitative estimate of drug-likeness (QED) is 0.367. The lowest BCUT2D eigenvalue weighted by Crippen LogP contribution is -2.66. The first-order chi connectivity index (χ1) is 13.0. The van der Waals surface area contributed by atoms with Crippen molar-refractivity contribution < 1.29 is 9.53 Å². The predicted octanol–water partition coefficient (Wildman–Crippen LogP) is 4.67. The van der Waals surface area contributed by atoms with Gasteiger partial charge in [-0.25, -0.2) is 0 Å². The molecule has 0 spiro atoms. The molecule has 0 radical (unpaired) electrons. The number of aliphatic hydroxyl groups excluding tert-OH is 1. The van der Waals surface area contributed by atoms with Crippen LogP contribution in [0.5, 0.6) is 0 Å². The molecule has 0 amide bonds. The molecule has 0 bridgehead atoms. The summed E-state index contributed by atoms with van der Waals surface area (Å²) in [7, 11) is -2.40. The van der Waals surface area contributed by atoms with E-state index < -0.39 is 8.32 Å². The molecular weight excluding hydrogens is 348 g/mol. The van der Waals surface area contributed by atoms with E-state index in [4.69, 9.17) is 9.53 Å². The van der Waals surface area contributed by atoms with Crippen LogP contribution in [0.15, 0.2) is 72.8 Å². The molecule has 3 heteroatoms. The van der Waals surface area contributed by atoms with Gasteiger partial charge < -0.3 is 9.53 Å². The van der Waals surface area contributed by atoms with Crippen molar-refractivity contribution in [3.63, 3.8) is 0 Å². The highest BCUT2D eigenvalue weighted by Crippen LogP contribution is 2.36. The van der Waals surface area contributed by atoms with Crippen LogP contribution < -0.4 is 10.4 Å². The first-order valence-corrected chi connectivity index (χ1v) is 11.9. The molecule has 0 aliphatic heterocycles. The van der Waals surface area contributed by atoms with Gasteiger partial charge in [0.05, 0.1) is 0 Å². The van der Waals surface area contributed by atoms with Gasteiger partial charge in [0, 0.05) is 13.2 Å². The summed E-state index contributed by atoms with van der Waals surface area (Å²) >= 11 is 0. The molecule has 0 aromatic heterocycles. The van der Waals surface area contributed by atoms with Crippen LogP contribution in [0.25, 0.3) is 0 Å². The smallest absolute Gasteiger partial charge is 0.261 e. The molecule has 1 N–H and O–H groups in total. The van der Waals surface area contributed by atoms with Crippen molar-refractivity contribution in [3.8, 4) is 0 Å². The largest absolute Gasteiger partial charge is 0.407 e.